The summed E-state index contributed by atoms with van der Waals surface area (Å²) in [4.78, 5) is 4.70. The van der Waals surface area contributed by atoms with Crippen molar-refractivity contribution in [2.45, 2.75) is 17.2 Å². The number of alkyl halides is 3. The number of hydrogen-bond donors (Lipinski definition) is 1. The molecule has 2 rings (SSSR count). The molecule has 1 heterocycles. The number of aliphatic hydroxyl groups excluding tert-OH is 1. The molecule has 2 nitrogen and oxygen atoms in total. The zero-order valence-electron chi connectivity index (χ0n) is 10.6. The number of rotatable bonds is 3. The van der Waals surface area contributed by atoms with E-state index >= 15 is 0 Å². The van der Waals surface area contributed by atoms with Crippen molar-refractivity contribution in [2.24, 2.45) is 0 Å². The van der Waals surface area contributed by atoms with Gasteiger partial charge >= 0.3 is 6.18 Å². The highest BCUT2D eigenvalue weighted by molar-refractivity contribution is 7.98. The van der Waals surface area contributed by atoms with Crippen molar-refractivity contribution in [2.75, 3.05) is 6.26 Å². The van der Waals surface area contributed by atoms with Crippen molar-refractivity contribution in [3.63, 3.8) is 0 Å². The smallest absolute Gasteiger partial charge is 0.384 e. The van der Waals surface area contributed by atoms with Crippen molar-refractivity contribution in [3.05, 3.63) is 59.4 Å². The van der Waals surface area contributed by atoms with Crippen LogP contribution in [-0.4, -0.2) is 16.3 Å². The van der Waals surface area contributed by atoms with Gasteiger partial charge in [-0.05, 0) is 30.0 Å². The fourth-order valence-corrected chi connectivity index (χ4v) is 2.45. The monoisotopic (exact) mass is 299 g/mol. The molecule has 0 aliphatic carbocycles. The van der Waals surface area contributed by atoms with Gasteiger partial charge < -0.3 is 5.11 Å². The maximum Gasteiger partial charge on any atom is 0.416 e. The lowest BCUT2D eigenvalue weighted by molar-refractivity contribution is -0.137. The fourth-order valence-electron chi connectivity index (χ4n) is 1.85. The highest BCUT2D eigenvalue weighted by Crippen LogP contribution is 2.34. The van der Waals surface area contributed by atoms with E-state index in [1.54, 1.807) is 12.3 Å². The molecule has 0 fully saturated rings. The van der Waals surface area contributed by atoms with E-state index < -0.39 is 17.8 Å². The standard InChI is InChI=1S/C14H12F3NOS/c1-20-12-5-6-18-8-11(12)13(19)9-3-2-4-10(7-9)14(15,16)17/h2-8,13,19H,1H3. The molecule has 1 unspecified atom stereocenters. The Morgan fingerprint density at radius 2 is 2.00 bits per heavy atom. The Morgan fingerprint density at radius 1 is 1.25 bits per heavy atom. The Kier molecular flexibility index (Phi) is 4.35. The van der Waals surface area contributed by atoms with Crippen molar-refractivity contribution in [1.29, 1.82) is 0 Å². The first-order valence-corrected chi connectivity index (χ1v) is 6.99. The topological polar surface area (TPSA) is 33.1 Å². The van der Waals surface area contributed by atoms with Crippen LogP contribution in [-0.2, 0) is 6.18 Å². The van der Waals surface area contributed by atoms with Crippen LogP contribution in [0.4, 0.5) is 13.2 Å². The summed E-state index contributed by atoms with van der Waals surface area (Å²) in [5.41, 5.74) is -0.0777. The van der Waals surface area contributed by atoms with Crippen LogP contribution in [0.3, 0.4) is 0 Å². The summed E-state index contributed by atoms with van der Waals surface area (Å²) in [5.74, 6) is 0. The molecule has 0 saturated heterocycles. The van der Waals surface area contributed by atoms with Crippen LogP contribution in [0.1, 0.15) is 22.8 Å². The molecule has 0 radical (unpaired) electrons. The number of benzene rings is 1. The van der Waals surface area contributed by atoms with Crippen LogP contribution in [0.2, 0.25) is 0 Å². The fraction of sp³-hybridized carbons (Fsp3) is 0.214. The molecule has 0 aliphatic heterocycles. The molecule has 0 aliphatic rings. The molecule has 0 amide bonds. The third-order valence-corrected chi connectivity index (χ3v) is 3.67. The molecule has 2 aromatic rings. The van der Waals surface area contributed by atoms with Gasteiger partial charge in [0.05, 0.1) is 5.56 Å². The van der Waals surface area contributed by atoms with Gasteiger partial charge in [0.25, 0.3) is 0 Å². The van der Waals surface area contributed by atoms with E-state index in [-0.39, 0.29) is 5.56 Å². The van der Waals surface area contributed by atoms with Crippen LogP contribution in [0.5, 0.6) is 0 Å². The first-order valence-electron chi connectivity index (χ1n) is 5.76. The molecular formula is C14H12F3NOS. The van der Waals surface area contributed by atoms with Crippen LogP contribution in [0.25, 0.3) is 0 Å². The quantitative estimate of drug-likeness (QED) is 0.872. The Morgan fingerprint density at radius 3 is 2.65 bits per heavy atom. The van der Waals surface area contributed by atoms with Gasteiger partial charge in [0.2, 0.25) is 0 Å². The SMILES string of the molecule is CSc1ccncc1C(O)c1cccc(C(F)(F)F)c1. The molecule has 1 atom stereocenters. The van der Waals surface area contributed by atoms with Crippen LogP contribution in [0.15, 0.2) is 47.6 Å². The lowest BCUT2D eigenvalue weighted by Gasteiger charge is -2.16. The first-order chi connectivity index (χ1) is 9.43. The van der Waals surface area contributed by atoms with Crippen LogP contribution in [0, 0.1) is 0 Å². The molecule has 0 bridgehead atoms. The predicted molar refractivity (Wildman–Crippen MR) is 71.5 cm³/mol. The minimum atomic E-state index is -4.42. The molecule has 1 aromatic heterocycles. The van der Waals surface area contributed by atoms with Gasteiger partial charge in [0.15, 0.2) is 0 Å². The lowest BCUT2D eigenvalue weighted by atomic mass is 10.0. The second kappa shape index (κ2) is 5.85. The highest BCUT2D eigenvalue weighted by atomic mass is 32.2. The van der Waals surface area contributed by atoms with Gasteiger partial charge in [0.1, 0.15) is 6.10 Å². The second-order valence-corrected chi connectivity index (χ2v) is 4.99. The van der Waals surface area contributed by atoms with Crippen molar-refractivity contribution in [3.8, 4) is 0 Å². The first kappa shape index (κ1) is 14.9. The van der Waals surface area contributed by atoms with E-state index in [1.807, 2.05) is 6.26 Å². The number of nitrogens with zero attached hydrogens (tertiary/aromatic N) is 1. The Hall–Kier alpha value is -1.53. The number of thioether (sulfide) groups is 1. The number of aliphatic hydroxyl groups is 1. The summed E-state index contributed by atoms with van der Waals surface area (Å²) in [7, 11) is 0. The third kappa shape index (κ3) is 3.13. The van der Waals surface area contributed by atoms with E-state index in [9.17, 15) is 18.3 Å². The average Bonchev–Trinajstić information content (AvgIpc) is 2.45. The van der Waals surface area contributed by atoms with Gasteiger partial charge in [-0.2, -0.15) is 13.2 Å². The minimum absolute atomic E-state index is 0.197. The summed E-state index contributed by atoms with van der Waals surface area (Å²) in [6.07, 6.45) is -0.677. The molecule has 0 spiro atoms. The maximum absolute atomic E-state index is 12.7. The molecule has 1 aromatic carbocycles. The Labute approximate surface area is 118 Å². The van der Waals surface area contributed by atoms with Crippen molar-refractivity contribution < 1.29 is 18.3 Å². The number of halogens is 3. The van der Waals surface area contributed by atoms with Crippen molar-refractivity contribution >= 4 is 11.8 Å². The van der Waals surface area contributed by atoms with Gasteiger partial charge in [-0.15, -0.1) is 11.8 Å². The second-order valence-electron chi connectivity index (χ2n) is 4.14. The maximum atomic E-state index is 12.7. The average molecular weight is 299 g/mol. The van der Waals surface area contributed by atoms with E-state index in [4.69, 9.17) is 0 Å². The van der Waals surface area contributed by atoms with E-state index in [2.05, 4.69) is 4.98 Å². The van der Waals surface area contributed by atoms with E-state index in [0.717, 1.165) is 17.0 Å². The third-order valence-electron chi connectivity index (χ3n) is 2.85. The van der Waals surface area contributed by atoms with Crippen LogP contribution >= 0.6 is 11.8 Å². The Bertz CT molecular complexity index is 601. The predicted octanol–water partition coefficient (Wildman–Crippen LogP) is 3.90. The molecule has 20 heavy (non-hydrogen) atoms. The largest absolute Gasteiger partial charge is 0.416 e. The van der Waals surface area contributed by atoms with Crippen LogP contribution < -0.4 is 0 Å². The minimum Gasteiger partial charge on any atom is -0.384 e. The molecule has 0 saturated carbocycles. The summed E-state index contributed by atoms with van der Waals surface area (Å²) >= 11 is 1.41. The number of aromatic nitrogens is 1. The zero-order valence-corrected chi connectivity index (χ0v) is 11.4. The van der Waals surface area contributed by atoms with Crippen molar-refractivity contribution in [1.82, 2.24) is 4.98 Å². The summed E-state index contributed by atoms with van der Waals surface area (Å²) in [5, 5.41) is 10.3. The van der Waals surface area contributed by atoms with Gasteiger partial charge in [-0.1, -0.05) is 12.1 Å². The molecule has 6 heteroatoms. The summed E-state index contributed by atoms with van der Waals surface area (Å²) in [6, 6.07) is 6.42. The summed E-state index contributed by atoms with van der Waals surface area (Å²) < 4.78 is 38.0. The summed E-state index contributed by atoms with van der Waals surface area (Å²) in [6.45, 7) is 0. The highest BCUT2D eigenvalue weighted by Gasteiger charge is 2.31. The number of pyridine rings is 1. The molecule has 106 valence electrons. The van der Waals surface area contributed by atoms with E-state index in [0.29, 0.717) is 5.56 Å². The number of hydrogen-bond acceptors (Lipinski definition) is 3. The normalized spacial score (nSPS) is 13.2. The van der Waals surface area contributed by atoms with Gasteiger partial charge in [-0.3, -0.25) is 4.98 Å². The Balaban J connectivity index is 2.41. The molecular weight excluding hydrogens is 287 g/mol. The zero-order chi connectivity index (χ0) is 14.8. The molecule has 1 N–H and O–H groups in total. The van der Waals surface area contributed by atoms with Gasteiger partial charge in [0, 0.05) is 22.9 Å². The van der Waals surface area contributed by atoms with Gasteiger partial charge in [-0.25, -0.2) is 0 Å². The van der Waals surface area contributed by atoms with E-state index in [1.165, 1.54) is 30.1 Å². The lowest BCUT2D eigenvalue weighted by Crippen LogP contribution is -2.08.